The summed E-state index contributed by atoms with van der Waals surface area (Å²) in [4.78, 5) is 0. The molecule has 0 amide bonds. The van der Waals surface area contributed by atoms with Crippen LogP contribution in [0.2, 0.25) is 0 Å². The topological polar surface area (TPSA) is 18.5 Å². The summed E-state index contributed by atoms with van der Waals surface area (Å²) in [7, 11) is 0. The minimum atomic E-state index is 0.377. The van der Waals surface area contributed by atoms with Crippen molar-refractivity contribution in [2.45, 2.75) is 0 Å². The van der Waals surface area contributed by atoms with E-state index in [0.29, 0.717) is 13.2 Å². The first kappa shape index (κ1) is 12.1. The maximum absolute atomic E-state index is 5.43. The van der Waals surface area contributed by atoms with Gasteiger partial charge >= 0.3 is 0 Å². The molecular weight excluding hydrogens is 224 g/mol. The zero-order chi connectivity index (χ0) is 12.5. The minimum absolute atomic E-state index is 0.377. The van der Waals surface area contributed by atoms with Gasteiger partial charge in [0.1, 0.15) is 24.7 Å². The van der Waals surface area contributed by atoms with Crippen LogP contribution in [0.25, 0.3) is 0 Å². The molecule has 0 bridgehead atoms. The SMILES string of the molecule is C(#CCOc1ccccc1)COc1ccccc1. The molecule has 0 saturated carbocycles. The summed E-state index contributed by atoms with van der Waals surface area (Å²) in [6.07, 6.45) is 0. The van der Waals surface area contributed by atoms with Gasteiger partial charge in [-0.3, -0.25) is 0 Å². The summed E-state index contributed by atoms with van der Waals surface area (Å²) in [5, 5.41) is 0. The molecule has 0 heterocycles. The van der Waals surface area contributed by atoms with Crippen LogP contribution in [-0.2, 0) is 0 Å². The third-order valence-electron chi connectivity index (χ3n) is 2.23. The van der Waals surface area contributed by atoms with Crippen molar-refractivity contribution in [3.05, 3.63) is 60.7 Å². The molecule has 0 aliphatic carbocycles. The Labute approximate surface area is 107 Å². The molecule has 0 fully saturated rings. The van der Waals surface area contributed by atoms with E-state index in [1.807, 2.05) is 60.7 Å². The molecule has 0 saturated heterocycles. The smallest absolute Gasteiger partial charge is 0.149 e. The Kier molecular flexibility index (Phi) is 4.71. The molecule has 0 atom stereocenters. The second kappa shape index (κ2) is 7.03. The van der Waals surface area contributed by atoms with Gasteiger partial charge in [0, 0.05) is 0 Å². The van der Waals surface area contributed by atoms with Gasteiger partial charge in [-0.05, 0) is 24.3 Å². The van der Waals surface area contributed by atoms with Gasteiger partial charge in [-0.15, -0.1) is 0 Å². The molecule has 2 heteroatoms. The summed E-state index contributed by atoms with van der Waals surface area (Å²) < 4.78 is 10.9. The Morgan fingerprint density at radius 2 is 1.00 bits per heavy atom. The second-order valence-corrected chi connectivity index (χ2v) is 3.56. The minimum Gasteiger partial charge on any atom is -0.481 e. The van der Waals surface area contributed by atoms with Gasteiger partial charge in [-0.25, -0.2) is 0 Å². The first-order valence-electron chi connectivity index (χ1n) is 5.76. The molecule has 0 N–H and O–H groups in total. The fraction of sp³-hybridized carbons (Fsp3) is 0.125. The molecular formula is C16H14O2. The Morgan fingerprint density at radius 3 is 1.39 bits per heavy atom. The predicted molar refractivity (Wildman–Crippen MR) is 71.7 cm³/mol. The van der Waals surface area contributed by atoms with E-state index in [-0.39, 0.29) is 0 Å². The van der Waals surface area contributed by atoms with E-state index in [0.717, 1.165) is 11.5 Å². The van der Waals surface area contributed by atoms with Crippen molar-refractivity contribution in [2.75, 3.05) is 13.2 Å². The number of para-hydroxylation sites is 2. The van der Waals surface area contributed by atoms with E-state index < -0.39 is 0 Å². The second-order valence-electron chi connectivity index (χ2n) is 3.56. The van der Waals surface area contributed by atoms with Gasteiger partial charge in [-0.2, -0.15) is 0 Å². The van der Waals surface area contributed by atoms with E-state index in [4.69, 9.17) is 9.47 Å². The van der Waals surface area contributed by atoms with Crippen LogP contribution in [0.1, 0.15) is 0 Å². The molecule has 18 heavy (non-hydrogen) atoms. The molecule has 0 aromatic heterocycles. The molecule has 2 aromatic rings. The number of hydrogen-bond donors (Lipinski definition) is 0. The van der Waals surface area contributed by atoms with Crippen LogP contribution >= 0.6 is 0 Å². The Morgan fingerprint density at radius 1 is 0.611 bits per heavy atom. The van der Waals surface area contributed by atoms with Crippen molar-refractivity contribution in [3.8, 4) is 23.3 Å². The molecule has 2 aromatic carbocycles. The number of hydrogen-bond acceptors (Lipinski definition) is 2. The molecule has 0 spiro atoms. The maximum Gasteiger partial charge on any atom is 0.149 e. The number of benzene rings is 2. The van der Waals surface area contributed by atoms with Gasteiger partial charge in [-0.1, -0.05) is 48.2 Å². The summed E-state index contributed by atoms with van der Waals surface area (Å²) in [5.41, 5.74) is 0. The van der Waals surface area contributed by atoms with Crippen molar-refractivity contribution in [2.24, 2.45) is 0 Å². The molecule has 2 rings (SSSR count). The maximum atomic E-state index is 5.43. The van der Waals surface area contributed by atoms with Gasteiger partial charge in [0.25, 0.3) is 0 Å². The van der Waals surface area contributed by atoms with E-state index in [9.17, 15) is 0 Å². The Bertz CT molecular complexity index is 462. The lowest BCUT2D eigenvalue weighted by molar-refractivity contribution is 0.362. The Hall–Kier alpha value is -2.40. The van der Waals surface area contributed by atoms with Crippen LogP contribution in [0.3, 0.4) is 0 Å². The molecule has 0 aliphatic rings. The quantitative estimate of drug-likeness (QED) is 0.762. The lowest BCUT2D eigenvalue weighted by Crippen LogP contribution is -1.96. The van der Waals surface area contributed by atoms with E-state index in [1.165, 1.54) is 0 Å². The molecule has 0 aliphatic heterocycles. The van der Waals surface area contributed by atoms with Gasteiger partial charge in [0.15, 0.2) is 0 Å². The zero-order valence-corrected chi connectivity index (χ0v) is 10.0. The summed E-state index contributed by atoms with van der Waals surface area (Å²) >= 11 is 0. The highest BCUT2D eigenvalue weighted by Crippen LogP contribution is 2.08. The highest BCUT2D eigenvalue weighted by molar-refractivity contribution is 5.22. The molecule has 0 radical (unpaired) electrons. The average molecular weight is 238 g/mol. The van der Waals surface area contributed by atoms with Gasteiger partial charge in [0.2, 0.25) is 0 Å². The Balaban J connectivity index is 1.68. The highest BCUT2D eigenvalue weighted by Gasteiger charge is 1.88. The third-order valence-corrected chi connectivity index (χ3v) is 2.23. The summed E-state index contributed by atoms with van der Waals surface area (Å²) in [6.45, 7) is 0.754. The highest BCUT2D eigenvalue weighted by atomic mass is 16.5. The predicted octanol–water partition coefficient (Wildman–Crippen LogP) is 3.15. The standard InChI is InChI=1S/C16H14O2/c1-3-9-15(10-4-1)17-13-7-8-14-18-16-11-5-2-6-12-16/h1-6,9-12H,13-14H2. The first-order chi connectivity index (χ1) is 8.95. The van der Waals surface area contributed by atoms with Crippen LogP contribution < -0.4 is 9.47 Å². The fourth-order valence-electron chi connectivity index (χ4n) is 1.37. The lowest BCUT2D eigenvalue weighted by Gasteiger charge is -2.01. The molecule has 90 valence electrons. The average Bonchev–Trinajstić information content (AvgIpc) is 2.45. The van der Waals surface area contributed by atoms with Crippen molar-refractivity contribution >= 4 is 0 Å². The first-order valence-corrected chi connectivity index (χ1v) is 5.76. The summed E-state index contributed by atoms with van der Waals surface area (Å²) in [5.74, 6) is 7.47. The van der Waals surface area contributed by atoms with Gasteiger partial charge in [0.05, 0.1) is 0 Å². The lowest BCUT2D eigenvalue weighted by atomic mass is 10.3. The number of ether oxygens (including phenoxy) is 2. The largest absolute Gasteiger partial charge is 0.481 e. The monoisotopic (exact) mass is 238 g/mol. The zero-order valence-electron chi connectivity index (χ0n) is 10.0. The van der Waals surface area contributed by atoms with Crippen molar-refractivity contribution in [1.29, 1.82) is 0 Å². The van der Waals surface area contributed by atoms with Crippen molar-refractivity contribution in [1.82, 2.24) is 0 Å². The van der Waals surface area contributed by atoms with Gasteiger partial charge < -0.3 is 9.47 Å². The number of rotatable bonds is 4. The third kappa shape index (κ3) is 4.23. The fourth-order valence-corrected chi connectivity index (χ4v) is 1.37. The van der Waals surface area contributed by atoms with Crippen LogP contribution in [0, 0.1) is 11.8 Å². The molecule has 2 nitrogen and oxygen atoms in total. The van der Waals surface area contributed by atoms with Crippen LogP contribution in [0.4, 0.5) is 0 Å². The van der Waals surface area contributed by atoms with Crippen LogP contribution in [-0.4, -0.2) is 13.2 Å². The van der Waals surface area contributed by atoms with Crippen LogP contribution in [0.5, 0.6) is 11.5 Å². The van der Waals surface area contributed by atoms with E-state index in [1.54, 1.807) is 0 Å². The molecule has 0 unspecified atom stereocenters. The van der Waals surface area contributed by atoms with Crippen molar-refractivity contribution in [3.63, 3.8) is 0 Å². The van der Waals surface area contributed by atoms with Crippen LogP contribution in [0.15, 0.2) is 60.7 Å². The summed E-state index contributed by atoms with van der Waals surface area (Å²) in [6, 6.07) is 19.2. The normalized spacial score (nSPS) is 9.11. The van der Waals surface area contributed by atoms with E-state index in [2.05, 4.69) is 11.8 Å². The van der Waals surface area contributed by atoms with Crippen molar-refractivity contribution < 1.29 is 9.47 Å². The van der Waals surface area contributed by atoms with E-state index >= 15 is 0 Å².